The van der Waals surface area contributed by atoms with Gasteiger partial charge in [-0.2, -0.15) is 0 Å². The summed E-state index contributed by atoms with van der Waals surface area (Å²) < 4.78 is 5.53. The maximum Gasteiger partial charge on any atom is 0.226 e. The third-order valence-corrected chi connectivity index (χ3v) is 4.83. The topological polar surface area (TPSA) is 75.8 Å². The van der Waals surface area contributed by atoms with E-state index in [1.165, 1.54) is 0 Å². The Hall–Kier alpha value is -2.69. The number of carbonyl (C=O) groups excluding carboxylic acids is 1. The van der Waals surface area contributed by atoms with Gasteiger partial charge in [-0.25, -0.2) is 0 Å². The minimum absolute atomic E-state index is 0.0191. The predicted octanol–water partition coefficient (Wildman–Crippen LogP) is 3.51. The highest BCUT2D eigenvalue weighted by molar-refractivity contribution is 5.81. The van der Waals surface area contributed by atoms with Crippen molar-refractivity contribution in [2.45, 2.75) is 32.7 Å². The monoisotopic (exact) mass is 356 g/mol. The first-order valence-corrected chi connectivity index (χ1v) is 8.76. The van der Waals surface area contributed by atoms with Crippen LogP contribution in [0, 0.1) is 5.92 Å². The van der Waals surface area contributed by atoms with E-state index in [0.29, 0.717) is 24.4 Å². The highest BCUT2D eigenvalue weighted by Gasteiger charge is 2.35. The van der Waals surface area contributed by atoms with Crippen LogP contribution < -0.4 is 10.5 Å². The van der Waals surface area contributed by atoms with Crippen LogP contribution in [0.25, 0.3) is 11.8 Å². The van der Waals surface area contributed by atoms with Crippen LogP contribution >= 0.6 is 0 Å². The van der Waals surface area contributed by atoms with Crippen molar-refractivity contribution in [2.24, 2.45) is 11.7 Å². The summed E-state index contributed by atoms with van der Waals surface area (Å²) in [6.07, 6.45) is 5.07. The average molecular weight is 356 g/mol. The van der Waals surface area contributed by atoms with E-state index in [4.69, 9.17) is 10.5 Å². The molecule has 1 aromatic carbocycles. The fourth-order valence-corrected chi connectivity index (χ4v) is 3.36. The number of benzene rings is 1. The van der Waals surface area contributed by atoms with Gasteiger partial charge >= 0.3 is 0 Å². The highest BCUT2D eigenvalue weighted by Crippen LogP contribution is 2.31. The molecule has 5 heteroatoms. The molecule has 1 aliphatic rings. The van der Waals surface area contributed by atoms with Gasteiger partial charge in [0.1, 0.15) is 11.5 Å². The SMILES string of the molecule is C=C(N)c1cc(OC)c(CC(C(=C)O)N2CC[C@H](C)C2=O)cc1/C=C\C. The number of methoxy groups -OCH3 is 1. The van der Waals surface area contributed by atoms with Crippen LogP contribution in [0.15, 0.2) is 37.1 Å². The number of allylic oxidation sites excluding steroid dienone is 1. The minimum Gasteiger partial charge on any atom is -0.511 e. The van der Waals surface area contributed by atoms with Gasteiger partial charge in [-0.15, -0.1) is 0 Å². The van der Waals surface area contributed by atoms with Crippen molar-refractivity contribution in [1.82, 2.24) is 4.90 Å². The molecular weight excluding hydrogens is 328 g/mol. The summed E-state index contributed by atoms with van der Waals surface area (Å²) in [6.45, 7) is 12.0. The molecule has 1 amide bonds. The maximum atomic E-state index is 12.4. The normalized spacial score (nSPS) is 18.3. The standard InChI is InChI=1S/C21H28N2O3/c1-6-7-16-10-17(20(26-5)12-18(16)14(3)22)11-19(15(4)24)23-9-8-13(2)21(23)25/h6-7,10,12-13,19,24H,3-4,8-9,11,22H2,1-2,5H3/b7-6-/t13-,19?/m0/s1. The lowest BCUT2D eigenvalue weighted by molar-refractivity contribution is -0.132. The smallest absolute Gasteiger partial charge is 0.226 e. The lowest BCUT2D eigenvalue weighted by Crippen LogP contribution is -2.40. The van der Waals surface area contributed by atoms with Gasteiger partial charge in [0.15, 0.2) is 0 Å². The first-order valence-electron chi connectivity index (χ1n) is 8.76. The number of aliphatic hydroxyl groups is 1. The molecule has 140 valence electrons. The summed E-state index contributed by atoms with van der Waals surface area (Å²) in [4.78, 5) is 14.1. The van der Waals surface area contributed by atoms with Gasteiger partial charge in [0.25, 0.3) is 0 Å². The Morgan fingerprint density at radius 3 is 2.65 bits per heavy atom. The molecule has 0 bridgehead atoms. The molecule has 0 radical (unpaired) electrons. The van der Waals surface area contributed by atoms with Crippen molar-refractivity contribution < 1.29 is 14.6 Å². The summed E-state index contributed by atoms with van der Waals surface area (Å²) in [5, 5.41) is 10.1. The highest BCUT2D eigenvalue weighted by atomic mass is 16.5. The molecule has 2 atom stereocenters. The Labute approximate surface area is 155 Å². The number of hydrogen-bond acceptors (Lipinski definition) is 4. The van der Waals surface area contributed by atoms with Crippen LogP contribution in [0.4, 0.5) is 0 Å². The van der Waals surface area contributed by atoms with E-state index in [-0.39, 0.29) is 17.6 Å². The molecule has 0 spiro atoms. The number of aliphatic hydroxyl groups excluding tert-OH is 1. The largest absolute Gasteiger partial charge is 0.511 e. The Bertz CT molecular complexity index is 752. The van der Waals surface area contributed by atoms with Crippen molar-refractivity contribution >= 4 is 17.7 Å². The van der Waals surface area contributed by atoms with Gasteiger partial charge in [0.05, 0.1) is 13.2 Å². The molecule has 0 aliphatic carbocycles. The van der Waals surface area contributed by atoms with Gasteiger partial charge in [-0.05, 0) is 36.6 Å². The molecule has 1 aliphatic heterocycles. The van der Waals surface area contributed by atoms with Gasteiger partial charge in [0, 0.05) is 30.1 Å². The number of hydrogen-bond donors (Lipinski definition) is 2. The van der Waals surface area contributed by atoms with E-state index in [0.717, 1.165) is 23.1 Å². The zero-order chi connectivity index (χ0) is 19.4. The van der Waals surface area contributed by atoms with Gasteiger partial charge < -0.3 is 20.5 Å². The van der Waals surface area contributed by atoms with Crippen molar-refractivity contribution in [3.63, 3.8) is 0 Å². The lowest BCUT2D eigenvalue weighted by Gasteiger charge is -2.28. The number of carbonyl (C=O) groups is 1. The van der Waals surface area contributed by atoms with Crippen molar-refractivity contribution in [3.8, 4) is 5.75 Å². The summed E-state index contributed by atoms with van der Waals surface area (Å²) in [7, 11) is 1.59. The van der Waals surface area contributed by atoms with Crippen LogP contribution in [0.1, 0.15) is 37.0 Å². The van der Waals surface area contributed by atoms with Crippen LogP contribution in [0.5, 0.6) is 5.75 Å². The Kier molecular flexibility index (Phi) is 6.14. The number of ether oxygens (including phenoxy) is 1. The van der Waals surface area contributed by atoms with Gasteiger partial charge in [-0.1, -0.05) is 32.2 Å². The zero-order valence-electron chi connectivity index (χ0n) is 15.8. The second-order valence-corrected chi connectivity index (χ2v) is 6.71. The Balaban J connectivity index is 2.45. The molecular formula is C21H28N2O3. The zero-order valence-corrected chi connectivity index (χ0v) is 15.8. The van der Waals surface area contributed by atoms with E-state index in [1.807, 2.05) is 38.1 Å². The molecule has 1 aromatic rings. The van der Waals surface area contributed by atoms with Crippen molar-refractivity contribution in [2.75, 3.05) is 13.7 Å². The first kappa shape index (κ1) is 19.6. The van der Waals surface area contributed by atoms with E-state index in [1.54, 1.807) is 12.0 Å². The van der Waals surface area contributed by atoms with E-state index in [9.17, 15) is 9.90 Å². The number of likely N-dealkylation sites (tertiary alicyclic amines) is 1. The quantitative estimate of drug-likeness (QED) is 0.733. The Morgan fingerprint density at radius 1 is 1.50 bits per heavy atom. The van der Waals surface area contributed by atoms with Crippen LogP contribution in [-0.4, -0.2) is 35.6 Å². The summed E-state index contributed by atoms with van der Waals surface area (Å²) in [5.74, 6) is 0.644. The van der Waals surface area contributed by atoms with Crippen molar-refractivity contribution in [1.29, 1.82) is 0 Å². The predicted molar refractivity (Wildman–Crippen MR) is 106 cm³/mol. The molecule has 1 fully saturated rings. The third kappa shape index (κ3) is 3.93. The second-order valence-electron chi connectivity index (χ2n) is 6.71. The number of rotatable bonds is 7. The summed E-state index contributed by atoms with van der Waals surface area (Å²) in [6, 6.07) is 3.33. The van der Waals surface area contributed by atoms with Gasteiger partial charge in [-0.3, -0.25) is 4.79 Å². The molecule has 1 unspecified atom stereocenters. The van der Waals surface area contributed by atoms with Crippen LogP contribution in [0.2, 0.25) is 0 Å². The summed E-state index contributed by atoms with van der Waals surface area (Å²) >= 11 is 0. The fraction of sp³-hybridized carbons (Fsp3) is 0.381. The first-order chi connectivity index (χ1) is 12.3. The summed E-state index contributed by atoms with van der Waals surface area (Å²) in [5.41, 5.74) is 8.95. The third-order valence-electron chi connectivity index (χ3n) is 4.83. The molecule has 0 aromatic heterocycles. The van der Waals surface area contributed by atoms with E-state index >= 15 is 0 Å². The van der Waals surface area contributed by atoms with Crippen LogP contribution in [0.3, 0.4) is 0 Å². The van der Waals surface area contributed by atoms with Crippen molar-refractivity contribution in [3.05, 3.63) is 53.8 Å². The maximum absolute atomic E-state index is 12.4. The lowest BCUT2D eigenvalue weighted by atomic mass is 9.95. The molecule has 5 nitrogen and oxygen atoms in total. The fourth-order valence-electron chi connectivity index (χ4n) is 3.36. The molecule has 0 saturated carbocycles. The number of nitrogens with two attached hydrogens (primary N) is 1. The molecule has 1 saturated heterocycles. The van der Waals surface area contributed by atoms with E-state index in [2.05, 4.69) is 13.2 Å². The van der Waals surface area contributed by atoms with Gasteiger partial charge in [0.2, 0.25) is 5.91 Å². The Morgan fingerprint density at radius 2 is 2.19 bits per heavy atom. The van der Waals surface area contributed by atoms with E-state index < -0.39 is 6.04 Å². The van der Waals surface area contributed by atoms with Crippen LogP contribution in [-0.2, 0) is 11.2 Å². The second kappa shape index (κ2) is 8.13. The number of amides is 1. The molecule has 26 heavy (non-hydrogen) atoms. The molecule has 1 heterocycles. The number of nitrogens with zero attached hydrogens (tertiary/aromatic N) is 1. The molecule has 2 rings (SSSR count). The minimum atomic E-state index is -0.480. The molecule has 3 N–H and O–H groups in total. The average Bonchev–Trinajstić information content (AvgIpc) is 2.91.